The summed E-state index contributed by atoms with van der Waals surface area (Å²) in [6.07, 6.45) is -9.13. The Morgan fingerprint density at radius 2 is 0.702 bits per heavy atom. The fourth-order valence-corrected chi connectivity index (χ4v) is 14.1. The van der Waals surface area contributed by atoms with E-state index in [1.54, 1.807) is 91.0 Å². The summed E-state index contributed by atoms with van der Waals surface area (Å²) < 4.78 is 115. The smallest absolute Gasteiger partial charge is 0.416 e. The molecule has 0 unspecified atom stereocenters. The number of hydrogen-bond acceptors (Lipinski definition) is 23. The zero-order valence-corrected chi connectivity index (χ0v) is 80.1. The molecule has 12 N–H and O–H groups in total. The molecule has 0 aliphatic rings. The minimum Gasteiger partial charge on any atom is -0.506 e. The normalized spacial score (nSPS) is 10.4. The lowest BCUT2D eigenvalue weighted by molar-refractivity contribution is -0.384. The van der Waals surface area contributed by atoms with Gasteiger partial charge in [-0.1, -0.05) is 42.5 Å². The predicted octanol–water partition coefficient (Wildman–Crippen LogP) is 19.5. The molecule has 131 heavy (non-hydrogen) atoms. The summed E-state index contributed by atoms with van der Waals surface area (Å²) in [5.74, 6) is -0.191. The van der Waals surface area contributed by atoms with Crippen molar-refractivity contribution in [3.05, 3.63) is 299 Å². The number of ether oxygens (including phenoxy) is 7. The Labute approximate surface area is 811 Å². The fraction of sp³-hybridized carbons (Fsp3) is 0.126. The molecule has 44 heteroatoms. The standard InChI is InChI=1S/C22H20N2O4S.C18H17F3N2O4S.C17H15F3N2O4S.C15H11I2N3O3S.C15H12IN3O3S/c1-27-17-10-16(11-18(13-17)28-2)21(26)24-22(29)23-19-12-15(8-9-20(19)25)14-6-4-3-5-7-14;1-25-12-6-10(7-13(9-12)26-2)16(24)23-17(28)22-14-8-11(18(19,20)21)4-5-15(14)27-3;1-25-11-5-9(6-12(8-11)26-2)15(24)22-16(27)21-13-7-10(17(18,19)20)3-4-14(13)23;1-8-4-9(6-11(17)5-8)14(21)19-15(24)18-12-3-2-10(16)7-13(12)20(22)23;1-9-5-10(7-11(16)6-9)14(20)18-15(23)17-12-3-2-4-13(8-12)19(21)22/h3-13,25H,1-2H3,(H2,23,24,26,29);4-9H,1-3H3,(H2,22,23,24,28);3-8,23H,1-2H3,(H2,21,22,24,27);2-7H,1H3,(H2,18,19,21,24);2-8H,1H3,(H2,17,18,20,23). The summed E-state index contributed by atoms with van der Waals surface area (Å²) >= 11 is 31.6. The van der Waals surface area contributed by atoms with Crippen LogP contribution in [0.4, 0.5) is 66.2 Å². The number of halogens is 9. The number of non-ortho nitro benzene ring substituents is 1. The van der Waals surface area contributed by atoms with Crippen LogP contribution in [-0.4, -0.2) is 125 Å². The first kappa shape index (κ1) is 105. The molecule has 0 aliphatic carbocycles. The van der Waals surface area contributed by atoms with Crippen LogP contribution in [0, 0.1) is 44.8 Å². The Bertz CT molecular complexity index is 6030. The first-order chi connectivity index (χ1) is 61.9. The molecular weight excluding hydrogens is 2160 g/mol. The number of phenols is 2. The Kier molecular flexibility index (Phi) is 39.8. The molecule has 0 spiro atoms. The van der Waals surface area contributed by atoms with Gasteiger partial charge in [0.05, 0.1) is 87.8 Å². The Hall–Kier alpha value is -13.0. The van der Waals surface area contributed by atoms with Gasteiger partial charge in [-0.2, -0.15) is 26.3 Å². The molecule has 0 bridgehead atoms. The lowest BCUT2D eigenvalue weighted by atomic mass is 10.0. The molecule has 11 aromatic rings. The number of nitrogens with zero attached hydrogens (tertiary/aromatic N) is 2. The lowest BCUT2D eigenvalue weighted by Crippen LogP contribution is -2.34. The quantitative estimate of drug-likeness (QED) is 0.00842. The van der Waals surface area contributed by atoms with E-state index in [9.17, 15) is 80.8 Å². The molecule has 0 saturated carbocycles. The maximum absolute atomic E-state index is 12.9. The Morgan fingerprint density at radius 3 is 1.08 bits per heavy atom. The van der Waals surface area contributed by atoms with E-state index < -0.39 is 56.8 Å². The number of nitro groups is 2. The number of thiocarbonyl (C=S) groups is 5. The molecule has 0 aromatic heterocycles. The second-order valence-corrected chi connectivity index (χ2v) is 32.1. The first-order valence-corrected chi connectivity index (χ1v) is 42.3. The van der Waals surface area contributed by atoms with E-state index in [-0.39, 0.29) is 88.4 Å². The van der Waals surface area contributed by atoms with Crippen molar-refractivity contribution in [3.8, 4) is 62.9 Å². The second-order valence-electron chi connectivity index (χ2n) is 26.3. The number of anilines is 5. The number of aromatic hydroxyl groups is 2. The first-order valence-electron chi connectivity index (χ1n) is 37.0. The van der Waals surface area contributed by atoms with Crippen molar-refractivity contribution in [2.45, 2.75) is 26.2 Å². The minimum atomic E-state index is -4.59. The van der Waals surface area contributed by atoms with Crippen molar-refractivity contribution in [1.82, 2.24) is 26.6 Å². The van der Waals surface area contributed by atoms with Crippen molar-refractivity contribution < 1.29 is 104 Å². The van der Waals surface area contributed by atoms with Crippen molar-refractivity contribution in [2.75, 3.05) is 76.4 Å². The van der Waals surface area contributed by atoms with E-state index in [2.05, 4.69) is 98.3 Å². The molecule has 30 nitrogen and oxygen atoms in total. The van der Waals surface area contributed by atoms with Crippen LogP contribution in [0.15, 0.2) is 218 Å². The van der Waals surface area contributed by atoms with Gasteiger partial charge in [-0.3, -0.25) is 70.8 Å². The van der Waals surface area contributed by atoms with Gasteiger partial charge in [0, 0.05) is 80.6 Å². The number of hydrogen-bond donors (Lipinski definition) is 12. The Balaban J connectivity index is 0.000000224. The number of aryl methyl sites for hydroxylation is 2. The van der Waals surface area contributed by atoms with Crippen LogP contribution in [0.5, 0.6) is 51.7 Å². The molecule has 11 rings (SSSR count). The number of carbonyl (C=O) groups is 5. The zero-order valence-electron chi connectivity index (χ0n) is 69.5. The highest BCUT2D eigenvalue weighted by atomic mass is 127. The second kappa shape index (κ2) is 49.7. The molecule has 5 amide bonds. The third-order valence-corrected chi connectivity index (χ3v) is 19.9. The largest absolute Gasteiger partial charge is 0.506 e. The summed E-state index contributed by atoms with van der Waals surface area (Å²) in [7, 11) is 10.0. The molecular formula is C87H75F6I3N12O18S5. The van der Waals surface area contributed by atoms with Crippen LogP contribution in [-0.2, 0) is 12.4 Å². The number of phenolic OH excluding ortho intramolecular Hbond substituents is 2. The van der Waals surface area contributed by atoms with Crippen LogP contribution in [0.25, 0.3) is 11.1 Å². The van der Waals surface area contributed by atoms with Gasteiger partial charge in [0.25, 0.3) is 40.9 Å². The number of carbonyl (C=O) groups excluding carboxylic acids is 5. The van der Waals surface area contributed by atoms with Gasteiger partial charge in [-0.15, -0.1) is 0 Å². The lowest BCUT2D eigenvalue weighted by Gasteiger charge is -2.15. The molecule has 0 fully saturated rings. The third kappa shape index (κ3) is 33.5. The van der Waals surface area contributed by atoms with Gasteiger partial charge in [-0.05, 0) is 304 Å². The van der Waals surface area contributed by atoms with Crippen molar-refractivity contribution in [2.24, 2.45) is 0 Å². The molecule has 0 saturated heterocycles. The molecule has 684 valence electrons. The summed E-state index contributed by atoms with van der Waals surface area (Å²) in [5, 5.41) is 66.9. The fourth-order valence-electron chi connectivity index (χ4n) is 10.9. The van der Waals surface area contributed by atoms with Gasteiger partial charge in [0.15, 0.2) is 25.6 Å². The van der Waals surface area contributed by atoms with Crippen LogP contribution < -0.4 is 86.3 Å². The summed E-state index contributed by atoms with van der Waals surface area (Å²) in [6, 6.07) is 55.2. The number of amides is 5. The van der Waals surface area contributed by atoms with Crippen molar-refractivity contribution in [1.29, 1.82) is 0 Å². The van der Waals surface area contributed by atoms with E-state index in [0.29, 0.717) is 68.6 Å². The molecule has 0 aliphatic heterocycles. The van der Waals surface area contributed by atoms with Gasteiger partial charge in [0.1, 0.15) is 57.4 Å². The minimum absolute atomic E-state index is 0.000762. The van der Waals surface area contributed by atoms with Gasteiger partial charge < -0.3 is 70.0 Å². The van der Waals surface area contributed by atoms with Crippen molar-refractivity contribution in [3.63, 3.8) is 0 Å². The van der Waals surface area contributed by atoms with E-state index in [1.807, 2.05) is 78.9 Å². The van der Waals surface area contributed by atoms with Crippen LogP contribution >= 0.6 is 129 Å². The SMILES string of the molecule is COc1cc(OC)cc(C(=O)NC(=S)Nc2cc(-c3ccccc3)ccc2O)c1.COc1cc(OC)cc(C(=O)NC(=S)Nc2cc(C(F)(F)F)ccc2O)c1.COc1cc(OC)cc(C(=O)NC(=S)Nc2cc(C(F)(F)F)ccc2OC)c1.Cc1cc(I)cc(C(=O)NC(=S)Nc2ccc(I)cc2[N+](=O)[O-])c1.Cc1cc(I)cc(C(=O)NC(=S)Nc2cccc([N+](=O)[O-])c2)c1. The number of nitro benzene ring substituents is 2. The number of alkyl halides is 6. The predicted molar refractivity (Wildman–Crippen MR) is 528 cm³/mol. The van der Waals surface area contributed by atoms with E-state index in [4.69, 9.17) is 94.2 Å². The topological polar surface area (TPSA) is 397 Å². The van der Waals surface area contributed by atoms with E-state index in [1.165, 1.54) is 98.3 Å². The summed E-state index contributed by atoms with van der Waals surface area (Å²) in [6.45, 7) is 3.79. The average Bonchev–Trinajstić information content (AvgIpc) is 0.840. The highest BCUT2D eigenvalue weighted by molar-refractivity contribution is 14.1. The maximum atomic E-state index is 12.9. The van der Waals surface area contributed by atoms with Gasteiger partial charge in [0.2, 0.25) is 0 Å². The monoisotopic (exact) mass is 2230 g/mol. The number of benzene rings is 11. The van der Waals surface area contributed by atoms with E-state index in [0.717, 1.165) is 63.3 Å². The summed E-state index contributed by atoms with van der Waals surface area (Å²) in [5.41, 5.74) is 4.16. The average molecular weight is 2230 g/mol. The highest BCUT2D eigenvalue weighted by Crippen LogP contribution is 2.38. The Morgan fingerprint density at radius 1 is 0.344 bits per heavy atom. The number of methoxy groups -OCH3 is 7. The van der Waals surface area contributed by atoms with Gasteiger partial charge in [-0.25, -0.2) is 0 Å². The summed E-state index contributed by atoms with van der Waals surface area (Å²) in [4.78, 5) is 82.5. The van der Waals surface area contributed by atoms with E-state index >= 15 is 0 Å². The van der Waals surface area contributed by atoms with Crippen LogP contribution in [0.1, 0.15) is 74.0 Å². The maximum Gasteiger partial charge on any atom is 0.416 e. The highest BCUT2D eigenvalue weighted by Gasteiger charge is 2.33. The third-order valence-electron chi connectivity index (χ3n) is 17.0. The van der Waals surface area contributed by atoms with Crippen LogP contribution in [0.3, 0.4) is 0 Å². The molecule has 0 heterocycles. The number of rotatable bonds is 20. The molecule has 0 atom stereocenters. The van der Waals surface area contributed by atoms with Crippen LogP contribution in [0.2, 0.25) is 0 Å². The van der Waals surface area contributed by atoms with Gasteiger partial charge >= 0.3 is 12.4 Å². The molecule has 0 radical (unpaired) electrons. The van der Waals surface area contributed by atoms with Crippen molar-refractivity contribution >= 4 is 224 Å². The molecule has 11 aromatic carbocycles. The zero-order chi connectivity index (χ0) is 96.7. The number of nitrogens with one attached hydrogen (secondary N) is 10.